The van der Waals surface area contributed by atoms with Crippen LogP contribution in [0.4, 0.5) is 0 Å². The highest BCUT2D eigenvalue weighted by Crippen LogP contribution is 2.28. The van der Waals surface area contributed by atoms with E-state index in [-0.39, 0.29) is 29.6 Å². The van der Waals surface area contributed by atoms with Crippen LogP contribution in [0.2, 0.25) is 0 Å². The van der Waals surface area contributed by atoms with Crippen molar-refractivity contribution in [1.29, 1.82) is 0 Å². The molecule has 2 unspecified atom stereocenters. The maximum atomic E-state index is 5.85. The lowest BCUT2D eigenvalue weighted by molar-refractivity contribution is 0.0242. The van der Waals surface area contributed by atoms with Gasteiger partial charge >= 0.3 is 0 Å². The van der Waals surface area contributed by atoms with E-state index in [2.05, 4.69) is 45.0 Å². The largest absolute Gasteiger partial charge is 0.373 e. The minimum Gasteiger partial charge on any atom is -0.373 e. The summed E-state index contributed by atoms with van der Waals surface area (Å²) in [5.41, 5.74) is -0.0558. The van der Waals surface area contributed by atoms with Gasteiger partial charge in [-0.2, -0.15) is 0 Å². The Morgan fingerprint density at radius 1 is 1.36 bits per heavy atom. The van der Waals surface area contributed by atoms with Gasteiger partial charge < -0.3 is 15.4 Å². The van der Waals surface area contributed by atoms with Crippen LogP contribution in [0.15, 0.2) is 22.5 Å². The standard InChI is InChI=1S/C18H30N4OS.HI/c1-18(8-6-11-23-18)14-21-17(19-2)20-13-15(16-7-5-12-24-16)22-9-3-4-10-22;/h5,7,12,15H,3-4,6,8-11,13-14H2,1-2H3,(H2,19,20,21);1H. The number of thiophene rings is 1. The quantitative estimate of drug-likeness (QED) is 0.375. The van der Waals surface area contributed by atoms with E-state index in [1.165, 1.54) is 30.8 Å². The lowest BCUT2D eigenvalue weighted by Crippen LogP contribution is -2.47. The van der Waals surface area contributed by atoms with E-state index >= 15 is 0 Å². The molecule has 0 radical (unpaired) electrons. The van der Waals surface area contributed by atoms with Gasteiger partial charge in [0, 0.05) is 31.6 Å². The fraction of sp³-hybridized carbons (Fsp3) is 0.722. The Hall–Kier alpha value is -0.380. The molecule has 2 aliphatic heterocycles. The third-order valence-corrected chi connectivity index (χ3v) is 6.04. The second-order valence-electron chi connectivity index (χ2n) is 6.98. The van der Waals surface area contributed by atoms with Crippen LogP contribution in [0.5, 0.6) is 0 Å². The van der Waals surface area contributed by atoms with Crippen molar-refractivity contribution in [1.82, 2.24) is 15.5 Å². The highest BCUT2D eigenvalue weighted by molar-refractivity contribution is 14.0. The van der Waals surface area contributed by atoms with Crippen LogP contribution in [-0.4, -0.2) is 56.3 Å². The van der Waals surface area contributed by atoms with Crippen molar-refractivity contribution in [2.45, 2.75) is 44.2 Å². The zero-order chi connectivity index (χ0) is 16.8. The van der Waals surface area contributed by atoms with Gasteiger partial charge in [-0.15, -0.1) is 35.3 Å². The van der Waals surface area contributed by atoms with E-state index in [1.807, 2.05) is 18.4 Å². The molecule has 2 aliphatic rings. The summed E-state index contributed by atoms with van der Waals surface area (Å²) < 4.78 is 5.85. The summed E-state index contributed by atoms with van der Waals surface area (Å²) in [6.45, 7) is 7.14. The molecule has 2 fully saturated rings. The summed E-state index contributed by atoms with van der Waals surface area (Å²) in [5.74, 6) is 0.868. The van der Waals surface area contributed by atoms with Crippen molar-refractivity contribution in [3.05, 3.63) is 22.4 Å². The molecule has 5 nitrogen and oxygen atoms in total. The van der Waals surface area contributed by atoms with Gasteiger partial charge in [0.25, 0.3) is 0 Å². The van der Waals surface area contributed by atoms with Gasteiger partial charge in [-0.3, -0.25) is 9.89 Å². The van der Waals surface area contributed by atoms with Crippen LogP contribution in [-0.2, 0) is 4.74 Å². The third kappa shape index (κ3) is 5.80. The summed E-state index contributed by atoms with van der Waals surface area (Å²) in [6, 6.07) is 4.83. The van der Waals surface area contributed by atoms with Gasteiger partial charge in [0.1, 0.15) is 0 Å². The predicted octanol–water partition coefficient (Wildman–Crippen LogP) is 3.24. The zero-order valence-corrected chi connectivity index (χ0v) is 18.4. The number of guanidine groups is 1. The molecular weight excluding hydrogens is 447 g/mol. The molecule has 2 N–H and O–H groups in total. The zero-order valence-electron chi connectivity index (χ0n) is 15.3. The third-order valence-electron chi connectivity index (χ3n) is 5.07. The predicted molar refractivity (Wildman–Crippen MR) is 116 cm³/mol. The van der Waals surface area contributed by atoms with Gasteiger partial charge in [-0.05, 0) is 57.1 Å². The molecule has 0 aromatic carbocycles. The van der Waals surface area contributed by atoms with E-state index < -0.39 is 0 Å². The molecular formula is C18H31IN4OS. The molecule has 0 aliphatic carbocycles. The SMILES string of the molecule is CN=C(NCC(c1cccs1)N1CCCC1)NCC1(C)CCCO1.I. The van der Waals surface area contributed by atoms with Crippen molar-refractivity contribution in [3.63, 3.8) is 0 Å². The fourth-order valence-corrected chi connectivity index (χ4v) is 4.47. The van der Waals surface area contributed by atoms with Crippen LogP contribution in [0.3, 0.4) is 0 Å². The Balaban J connectivity index is 0.00000225. The first kappa shape index (κ1) is 20.9. The summed E-state index contributed by atoms with van der Waals surface area (Å²) in [5, 5.41) is 9.14. The molecule has 0 spiro atoms. The normalized spacial score (nSPS) is 25.6. The minimum atomic E-state index is -0.0558. The van der Waals surface area contributed by atoms with Crippen LogP contribution in [0.25, 0.3) is 0 Å². The second-order valence-corrected chi connectivity index (χ2v) is 7.96. The number of nitrogens with one attached hydrogen (secondary N) is 2. The Morgan fingerprint density at radius 3 is 2.76 bits per heavy atom. The summed E-state index contributed by atoms with van der Waals surface area (Å²) >= 11 is 1.85. The number of rotatable bonds is 6. The number of halogens is 1. The fourth-order valence-electron chi connectivity index (χ4n) is 3.60. The monoisotopic (exact) mass is 478 g/mol. The van der Waals surface area contributed by atoms with E-state index in [1.54, 1.807) is 0 Å². The summed E-state index contributed by atoms with van der Waals surface area (Å²) in [7, 11) is 1.84. The van der Waals surface area contributed by atoms with Crippen molar-refractivity contribution >= 4 is 41.3 Å². The Morgan fingerprint density at radius 2 is 2.16 bits per heavy atom. The van der Waals surface area contributed by atoms with Crippen LogP contribution < -0.4 is 10.6 Å². The number of hydrogen-bond acceptors (Lipinski definition) is 4. The first-order valence-electron chi connectivity index (χ1n) is 9.06. The molecule has 7 heteroatoms. The Labute approximate surface area is 172 Å². The van der Waals surface area contributed by atoms with E-state index in [4.69, 9.17) is 4.74 Å². The maximum Gasteiger partial charge on any atom is 0.191 e. The van der Waals surface area contributed by atoms with E-state index in [0.717, 1.165) is 38.5 Å². The minimum absolute atomic E-state index is 0. The lowest BCUT2D eigenvalue weighted by Gasteiger charge is -2.29. The van der Waals surface area contributed by atoms with Gasteiger partial charge in [-0.25, -0.2) is 0 Å². The van der Waals surface area contributed by atoms with Gasteiger partial charge in [-0.1, -0.05) is 6.07 Å². The van der Waals surface area contributed by atoms with Crippen molar-refractivity contribution in [2.75, 3.05) is 39.8 Å². The highest BCUT2D eigenvalue weighted by atomic mass is 127. The smallest absolute Gasteiger partial charge is 0.191 e. The number of aliphatic imine (C=N–C) groups is 1. The van der Waals surface area contributed by atoms with Gasteiger partial charge in [0.05, 0.1) is 11.6 Å². The summed E-state index contributed by atoms with van der Waals surface area (Å²) in [4.78, 5) is 8.41. The van der Waals surface area contributed by atoms with Crippen LogP contribution >= 0.6 is 35.3 Å². The average Bonchev–Trinajstić information content (AvgIpc) is 3.33. The molecule has 2 atom stereocenters. The van der Waals surface area contributed by atoms with Gasteiger partial charge in [0.2, 0.25) is 0 Å². The Bertz CT molecular complexity index is 525. The van der Waals surface area contributed by atoms with Crippen molar-refractivity contribution in [3.8, 4) is 0 Å². The molecule has 1 aromatic heterocycles. The summed E-state index contributed by atoms with van der Waals surface area (Å²) in [6.07, 6.45) is 4.89. The Kier molecular flexibility index (Phi) is 8.44. The van der Waals surface area contributed by atoms with Crippen LogP contribution in [0, 0.1) is 0 Å². The van der Waals surface area contributed by atoms with E-state index in [0.29, 0.717) is 6.04 Å². The maximum absolute atomic E-state index is 5.85. The molecule has 25 heavy (non-hydrogen) atoms. The van der Waals surface area contributed by atoms with Crippen LogP contribution in [0.1, 0.15) is 43.5 Å². The topological polar surface area (TPSA) is 48.9 Å². The van der Waals surface area contributed by atoms with Gasteiger partial charge in [0.15, 0.2) is 5.96 Å². The van der Waals surface area contributed by atoms with Crippen molar-refractivity contribution in [2.24, 2.45) is 4.99 Å². The van der Waals surface area contributed by atoms with Crippen molar-refractivity contribution < 1.29 is 4.74 Å². The average molecular weight is 478 g/mol. The number of nitrogens with zero attached hydrogens (tertiary/aromatic N) is 2. The van der Waals surface area contributed by atoms with E-state index in [9.17, 15) is 0 Å². The molecule has 0 saturated carbocycles. The molecule has 3 heterocycles. The molecule has 0 bridgehead atoms. The first-order chi connectivity index (χ1) is 11.7. The number of likely N-dealkylation sites (tertiary alicyclic amines) is 1. The highest BCUT2D eigenvalue weighted by Gasteiger charge is 2.30. The number of hydrogen-bond donors (Lipinski definition) is 2. The second kappa shape index (κ2) is 10.1. The lowest BCUT2D eigenvalue weighted by atomic mass is 10.0. The molecule has 1 aromatic rings. The molecule has 2 saturated heterocycles. The molecule has 142 valence electrons. The molecule has 0 amide bonds. The molecule has 3 rings (SSSR count). The number of ether oxygens (including phenoxy) is 1. The first-order valence-corrected chi connectivity index (χ1v) is 9.94.